The molecule has 5 heteroatoms. The number of hydrogen-bond donors (Lipinski definition) is 1. The number of esters is 1. The van der Waals surface area contributed by atoms with Crippen LogP contribution in [0.25, 0.3) is 0 Å². The number of hydrogen-bond acceptors (Lipinski definition) is 5. The smallest absolute Gasteiger partial charge is 0.356 e. The number of carbonyl (C=O) groups is 1. The van der Waals surface area contributed by atoms with Crippen LogP contribution in [0.5, 0.6) is 0 Å². The molecule has 1 aromatic heterocycles. The van der Waals surface area contributed by atoms with Crippen molar-refractivity contribution in [3.8, 4) is 0 Å². The van der Waals surface area contributed by atoms with Crippen LogP contribution in [-0.2, 0) is 4.74 Å². The second-order valence-electron chi connectivity index (χ2n) is 3.18. The average molecular weight is 193 g/mol. The molecular weight excluding hydrogens is 182 g/mol. The van der Waals surface area contributed by atoms with Crippen molar-refractivity contribution in [3.05, 3.63) is 18.0 Å². The summed E-state index contributed by atoms with van der Waals surface area (Å²) in [4.78, 5) is 19.2. The van der Waals surface area contributed by atoms with Gasteiger partial charge in [0.2, 0.25) is 5.95 Å². The molecule has 0 aromatic carbocycles. The van der Waals surface area contributed by atoms with Gasteiger partial charge in [0.25, 0.3) is 0 Å². The largest absolute Gasteiger partial charge is 0.464 e. The number of rotatable bonds is 3. The van der Waals surface area contributed by atoms with E-state index in [-0.39, 0.29) is 5.69 Å². The molecule has 0 saturated heterocycles. The molecule has 2 rings (SSSR count). The van der Waals surface area contributed by atoms with Gasteiger partial charge in [-0.05, 0) is 18.9 Å². The Kier molecular flexibility index (Phi) is 2.30. The van der Waals surface area contributed by atoms with E-state index in [1.165, 1.54) is 13.2 Å². The van der Waals surface area contributed by atoms with E-state index >= 15 is 0 Å². The first kappa shape index (κ1) is 8.93. The monoisotopic (exact) mass is 193 g/mol. The number of aromatic nitrogens is 2. The van der Waals surface area contributed by atoms with Crippen molar-refractivity contribution in [1.29, 1.82) is 0 Å². The molecule has 74 valence electrons. The Bertz CT molecular complexity index is 350. The van der Waals surface area contributed by atoms with E-state index in [1.807, 2.05) is 0 Å². The fourth-order valence-electron chi connectivity index (χ4n) is 1.06. The van der Waals surface area contributed by atoms with Crippen molar-refractivity contribution in [3.63, 3.8) is 0 Å². The molecule has 1 fully saturated rings. The van der Waals surface area contributed by atoms with Crippen LogP contribution in [0.3, 0.4) is 0 Å². The van der Waals surface area contributed by atoms with Crippen LogP contribution in [0.1, 0.15) is 23.3 Å². The first-order valence-corrected chi connectivity index (χ1v) is 4.47. The summed E-state index contributed by atoms with van der Waals surface area (Å²) in [7, 11) is 1.33. The van der Waals surface area contributed by atoms with Crippen LogP contribution in [0.2, 0.25) is 0 Å². The third-order valence-corrected chi connectivity index (χ3v) is 1.96. The Hall–Kier alpha value is -1.65. The van der Waals surface area contributed by atoms with Gasteiger partial charge in [-0.3, -0.25) is 0 Å². The maximum atomic E-state index is 11.1. The lowest BCUT2D eigenvalue weighted by molar-refractivity contribution is 0.0594. The van der Waals surface area contributed by atoms with Crippen molar-refractivity contribution < 1.29 is 9.53 Å². The predicted octanol–water partition coefficient (Wildman–Crippen LogP) is 0.837. The van der Waals surface area contributed by atoms with Gasteiger partial charge in [0, 0.05) is 12.2 Å². The first-order valence-electron chi connectivity index (χ1n) is 4.47. The van der Waals surface area contributed by atoms with Gasteiger partial charge in [-0.2, -0.15) is 0 Å². The highest BCUT2D eigenvalue weighted by atomic mass is 16.5. The fraction of sp³-hybridized carbons (Fsp3) is 0.444. The highest BCUT2D eigenvalue weighted by Crippen LogP contribution is 2.22. The summed E-state index contributed by atoms with van der Waals surface area (Å²) in [5.74, 6) is 0.0571. The van der Waals surface area contributed by atoms with Crippen molar-refractivity contribution in [2.24, 2.45) is 0 Å². The lowest BCUT2D eigenvalue weighted by atomic mass is 10.4. The van der Waals surface area contributed by atoms with Crippen LogP contribution in [-0.4, -0.2) is 29.1 Å². The van der Waals surface area contributed by atoms with E-state index in [0.29, 0.717) is 12.0 Å². The molecule has 0 bridgehead atoms. The predicted molar refractivity (Wildman–Crippen MR) is 50.0 cm³/mol. The van der Waals surface area contributed by atoms with Crippen LogP contribution in [0, 0.1) is 0 Å². The van der Waals surface area contributed by atoms with Crippen molar-refractivity contribution >= 4 is 11.9 Å². The molecule has 1 aliphatic rings. The number of nitrogens with one attached hydrogen (secondary N) is 1. The summed E-state index contributed by atoms with van der Waals surface area (Å²) in [5, 5.41) is 3.11. The molecule has 1 aromatic rings. The van der Waals surface area contributed by atoms with E-state index in [4.69, 9.17) is 0 Å². The zero-order valence-corrected chi connectivity index (χ0v) is 7.86. The lowest BCUT2D eigenvalue weighted by Gasteiger charge is -2.03. The van der Waals surface area contributed by atoms with Crippen LogP contribution in [0.4, 0.5) is 5.95 Å². The van der Waals surface area contributed by atoms with Gasteiger partial charge in [0.05, 0.1) is 7.11 Å². The van der Waals surface area contributed by atoms with Crippen molar-refractivity contribution in [2.45, 2.75) is 18.9 Å². The molecule has 0 aliphatic heterocycles. The maximum absolute atomic E-state index is 11.1. The van der Waals surface area contributed by atoms with Gasteiger partial charge >= 0.3 is 5.97 Å². The van der Waals surface area contributed by atoms with Gasteiger partial charge < -0.3 is 10.1 Å². The van der Waals surface area contributed by atoms with E-state index in [9.17, 15) is 4.79 Å². The number of ether oxygens (including phenoxy) is 1. The molecule has 0 unspecified atom stereocenters. The van der Waals surface area contributed by atoms with Gasteiger partial charge in [-0.25, -0.2) is 14.8 Å². The van der Waals surface area contributed by atoms with Crippen LogP contribution in [0.15, 0.2) is 12.3 Å². The first-order chi connectivity index (χ1) is 6.79. The number of anilines is 1. The van der Waals surface area contributed by atoms with Gasteiger partial charge in [0.1, 0.15) is 0 Å². The van der Waals surface area contributed by atoms with Crippen LogP contribution >= 0.6 is 0 Å². The molecule has 0 radical (unpaired) electrons. The summed E-state index contributed by atoms with van der Waals surface area (Å²) >= 11 is 0. The average Bonchev–Trinajstić information content (AvgIpc) is 3.01. The Morgan fingerprint density at radius 1 is 1.64 bits per heavy atom. The molecule has 14 heavy (non-hydrogen) atoms. The van der Waals surface area contributed by atoms with Gasteiger partial charge in [0.15, 0.2) is 5.69 Å². The minimum absolute atomic E-state index is 0.283. The minimum atomic E-state index is -0.439. The number of carbonyl (C=O) groups excluding carboxylic acids is 1. The lowest BCUT2D eigenvalue weighted by Crippen LogP contribution is -2.10. The second kappa shape index (κ2) is 3.61. The molecule has 1 heterocycles. The zero-order chi connectivity index (χ0) is 9.97. The fourth-order valence-corrected chi connectivity index (χ4v) is 1.06. The standard InChI is InChI=1S/C9H11N3O2/c1-14-8(13)7-4-5-10-9(12-7)11-6-2-3-6/h4-6H,2-3H2,1H3,(H,10,11,12). The molecule has 0 spiro atoms. The summed E-state index contributed by atoms with van der Waals surface area (Å²) in [5.41, 5.74) is 0.283. The van der Waals surface area contributed by atoms with E-state index in [1.54, 1.807) is 6.20 Å². The van der Waals surface area contributed by atoms with E-state index in [2.05, 4.69) is 20.0 Å². The van der Waals surface area contributed by atoms with Crippen LogP contribution < -0.4 is 5.32 Å². The Morgan fingerprint density at radius 3 is 3.07 bits per heavy atom. The summed E-state index contributed by atoms with van der Waals surface area (Å²) in [6.07, 6.45) is 3.83. The van der Waals surface area contributed by atoms with E-state index in [0.717, 1.165) is 12.8 Å². The van der Waals surface area contributed by atoms with Gasteiger partial charge in [-0.15, -0.1) is 0 Å². The minimum Gasteiger partial charge on any atom is -0.464 e. The molecule has 1 aliphatic carbocycles. The van der Waals surface area contributed by atoms with E-state index < -0.39 is 5.97 Å². The highest BCUT2D eigenvalue weighted by Gasteiger charge is 2.22. The summed E-state index contributed by atoms with van der Waals surface area (Å²) < 4.78 is 4.55. The molecule has 1 saturated carbocycles. The Labute approximate surface area is 81.5 Å². The third kappa shape index (κ3) is 1.99. The normalized spacial score (nSPS) is 14.9. The molecule has 1 N–H and O–H groups in total. The molecular formula is C9H11N3O2. The second-order valence-corrected chi connectivity index (χ2v) is 3.18. The van der Waals surface area contributed by atoms with Crippen molar-refractivity contribution in [2.75, 3.05) is 12.4 Å². The van der Waals surface area contributed by atoms with Crippen molar-refractivity contribution in [1.82, 2.24) is 9.97 Å². The molecule has 0 atom stereocenters. The Morgan fingerprint density at radius 2 is 2.43 bits per heavy atom. The zero-order valence-electron chi connectivity index (χ0n) is 7.86. The molecule has 5 nitrogen and oxygen atoms in total. The topological polar surface area (TPSA) is 64.1 Å². The SMILES string of the molecule is COC(=O)c1ccnc(NC2CC2)n1. The summed E-state index contributed by atoms with van der Waals surface area (Å²) in [6, 6.07) is 2.01. The Balaban J connectivity index is 2.12. The number of nitrogens with zero attached hydrogens (tertiary/aromatic N) is 2. The highest BCUT2D eigenvalue weighted by molar-refractivity contribution is 5.87. The van der Waals surface area contributed by atoms with Gasteiger partial charge in [-0.1, -0.05) is 0 Å². The maximum Gasteiger partial charge on any atom is 0.356 e. The number of methoxy groups -OCH3 is 1. The third-order valence-electron chi connectivity index (χ3n) is 1.96. The molecule has 0 amide bonds. The summed E-state index contributed by atoms with van der Waals surface area (Å²) in [6.45, 7) is 0. The quantitative estimate of drug-likeness (QED) is 0.720.